The van der Waals surface area contributed by atoms with E-state index in [0.717, 1.165) is 26.2 Å². The minimum absolute atomic E-state index is 0. The molecule has 2 atom stereocenters. The van der Waals surface area contributed by atoms with Crippen LogP contribution in [0.3, 0.4) is 0 Å². The zero-order chi connectivity index (χ0) is 49.7. The van der Waals surface area contributed by atoms with Crippen molar-refractivity contribution in [3.05, 3.63) is 127 Å². The summed E-state index contributed by atoms with van der Waals surface area (Å²) in [5.41, 5.74) is 1.71. The van der Waals surface area contributed by atoms with Crippen molar-refractivity contribution in [2.45, 2.75) is 25.9 Å². The van der Waals surface area contributed by atoms with Gasteiger partial charge in [-0.25, -0.2) is 18.8 Å². The second-order valence-corrected chi connectivity index (χ2v) is 17.7. The largest absolute Gasteiger partial charge is 2.00 e. The van der Waals surface area contributed by atoms with Crippen LogP contribution in [-0.4, -0.2) is 120 Å². The first-order chi connectivity index (χ1) is 33.5. The zero-order valence-electron chi connectivity index (χ0n) is 38.8. The van der Waals surface area contributed by atoms with Crippen molar-refractivity contribution >= 4 is 67.9 Å². The summed E-state index contributed by atoms with van der Waals surface area (Å²) in [5.74, 6) is -3.27. The summed E-state index contributed by atoms with van der Waals surface area (Å²) in [5, 5.41) is 46.7. The molecule has 4 aliphatic rings. The van der Waals surface area contributed by atoms with Gasteiger partial charge in [0.2, 0.25) is 0 Å². The molecule has 0 aliphatic carbocycles. The number of likely N-dealkylation sites (N-methyl/N-ethyl adjacent to an activating group) is 2. The molecular formula is C48H46CuF2N10O10. The number of benzene rings is 4. The number of carbonyl (C=O) groups excluding carboxylic acids is 2. The fourth-order valence-corrected chi connectivity index (χ4v) is 9.19. The molecule has 2 unspecified atom stereocenters. The first-order valence-corrected chi connectivity index (χ1v) is 22.4. The quantitative estimate of drug-likeness (QED) is 0.119. The van der Waals surface area contributed by atoms with Gasteiger partial charge in [-0.15, -0.1) is 0 Å². The van der Waals surface area contributed by atoms with Gasteiger partial charge in [0.05, 0.1) is 67.0 Å². The number of nitro benzene ring substituents is 2. The number of aromatic carboxylic acids is 2. The summed E-state index contributed by atoms with van der Waals surface area (Å²) in [6.07, 6.45) is 2.90. The smallest absolute Gasteiger partial charge is 0.545 e. The summed E-state index contributed by atoms with van der Waals surface area (Å²) in [6, 6.07) is 12.9. The van der Waals surface area contributed by atoms with E-state index in [1.807, 2.05) is 37.7 Å². The number of ether oxygens (including phenoxy) is 2. The first kappa shape index (κ1) is 49.9. The van der Waals surface area contributed by atoms with Crippen molar-refractivity contribution < 1.29 is 65.0 Å². The molecular weight excluding hydrogens is 978 g/mol. The Morgan fingerprint density at radius 3 is 1.25 bits per heavy atom. The fraction of sp³-hybridized carbons (Fsp3) is 0.333. The van der Waals surface area contributed by atoms with E-state index in [0.29, 0.717) is 60.1 Å². The van der Waals surface area contributed by atoms with Crippen molar-refractivity contribution in [2.24, 2.45) is 9.98 Å². The van der Waals surface area contributed by atoms with Crippen molar-refractivity contribution in [3.63, 3.8) is 0 Å². The fourth-order valence-electron chi connectivity index (χ4n) is 9.19. The molecule has 71 heavy (non-hydrogen) atoms. The molecule has 0 bridgehead atoms. The Labute approximate surface area is 414 Å². The van der Waals surface area contributed by atoms with E-state index in [1.54, 1.807) is 9.13 Å². The number of halogens is 2. The number of pyridine rings is 2. The normalized spacial score (nSPS) is 18.3. The number of carbonyl (C=O) groups is 2. The average molecular weight is 1020 g/mol. The SMILES string of the molecule is CC1COc2c(N3CCN(C)CC3)c(F)cc3c(=Nc4ccc([N+](=O)[O-])cc4)c(C(=O)[O-])cn1c23.CC1COc2c(N3CCN(C)CC3)c(F)cc3c(=Nc4ccc([N+](=O)[O-])cc4)c(C(=O)[O-])cn1c23.[Cu+2]. The molecule has 0 spiro atoms. The Bertz CT molecular complexity index is 3050. The maximum Gasteiger partial charge on any atom is 2.00 e. The number of hydrogen-bond donors (Lipinski definition) is 0. The third kappa shape index (κ3) is 9.60. The number of carboxylic acid groups (broad SMARTS) is 2. The van der Waals surface area contributed by atoms with E-state index in [4.69, 9.17) is 9.47 Å². The molecule has 1 radical (unpaired) electrons. The molecule has 2 fully saturated rings. The number of anilines is 2. The second kappa shape index (κ2) is 20.1. The Morgan fingerprint density at radius 2 is 0.944 bits per heavy atom. The van der Waals surface area contributed by atoms with Crippen LogP contribution >= 0.6 is 0 Å². The van der Waals surface area contributed by atoms with Crippen molar-refractivity contribution in [2.75, 3.05) is 89.5 Å². The molecule has 0 N–H and O–H groups in total. The summed E-state index contributed by atoms with van der Waals surface area (Å²) in [6.45, 7) is 9.88. The predicted molar refractivity (Wildman–Crippen MR) is 249 cm³/mol. The number of hydrogen-bond acceptors (Lipinski definition) is 16. The van der Waals surface area contributed by atoms with Crippen LogP contribution in [0.2, 0.25) is 0 Å². The number of aromatic nitrogens is 2. The van der Waals surface area contributed by atoms with Crippen molar-refractivity contribution in [1.29, 1.82) is 0 Å². The Hall–Kier alpha value is -7.46. The summed E-state index contributed by atoms with van der Waals surface area (Å²) < 4.78 is 47.0. The monoisotopic (exact) mass is 1020 g/mol. The van der Waals surface area contributed by atoms with Crippen LogP contribution in [0.25, 0.3) is 21.8 Å². The van der Waals surface area contributed by atoms with Gasteiger partial charge in [-0.2, -0.15) is 0 Å². The van der Waals surface area contributed by atoms with Gasteiger partial charge >= 0.3 is 17.1 Å². The van der Waals surface area contributed by atoms with Gasteiger partial charge in [0.25, 0.3) is 11.4 Å². The van der Waals surface area contributed by atoms with Gasteiger partial charge in [-0.1, -0.05) is 0 Å². The van der Waals surface area contributed by atoms with E-state index >= 15 is 8.78 Å². The van der Waals surface area contributed by atoms with E-state index < -0.39 is 33.4 Å². The molecule has 0 amide bonds. The molecule has 0 saturated carbocycles. The molecule has 20 nitrogen and oxygen atoms in total. The first-order valence-electron chi connectivity index (χ1n) is 22.4. The van der Waals surface area contributed by atoms with Crippen molar-refractivity contribution in [3.8, 4) is 11.5 Å². The van der Waals surface area contributed by atoms with Crippen LogP contribution in [0, 0.1) is 31.9 Å². The molecule has 2 saturated heterocycles. The summed E-state index contributed by atoms with van der Waals surface area (Å²) in [4.78, 5) is 62.2. The van der Waals surface area contributed by atoms with Gasteiger partial charge in [-0.05, 0) is 64.3 Å². The molecule has 10 rings (SSSR count). The predicted octanol–water partition coefficient (Wildman–Crippen LogP) is 3.98. The average Bonchev–Trinajstić information content (AvgIpc) is 3.33. The molecule has 6 aromatic rings. The van der Waals surface area contributed by atoms with E-state index in [9.17, 15) is 40.0 Å². The standard InChI is InChI=1S/2C24H24FN5O5.Cu/c2*1-14-13-35-23-21-17(11-19(25)22(23)28-9-7-27(2)8-10-28)20(18(24(31)32)12-29(14)21)26-15-3-5-16(6-4-15)30(33)34;/h2*3-6,11-12,14H,7-10,13H2,1-2H3,(H,31,32);/q;;+2/p-2. The molecule has 6 heterocycles. The van der Waals surface area contributed by atoms with E-state index in [1.165, 1.54) is 73.1 Å². The van der Waals surface area contributed by atoms with Gasteiger partial charge in [0.1, 0.15) is 24.6 Å². The van der Waals surface area contributed by atoms with Crippen molar-refractivity contribution in [1.82, 2.24) is 18.9 Å². The summed E-state index contributed by atoms with van der Waals surface area (Å²) >= 11 is 0. The van der Waals surface area contributed by atoms with Crippen LogP contribution < -0.4 is 40.2 Å². The Kier molecular flexibility index (Phi) is 14.1. The number of rotatable bonds is 8. The maximum atomic E-state index is 15.7. The topological polar surface area (TPSA) is 233 Å². The van der Waals surface area contributed by atoms with Crippen LogP contribution in [-0.2, 0) is 17.1 Å². The number of nitro groups is 2. The number of nitrogens with zero attached hydrogens (tertiary/aromatic N) is 10. The van der Waals surface area contributed by atoms with Crippen LogP contribution in [0.15, 0.2) is 83.0 Å². The number of carboxylic acids is 2. The Morgan fingerprint density at radius 1 is 0.606 bits per heavy atom. The maximum absolute atomic E-state index is 15.7. The third-order valence-corrected chi connectivity index (χ3v) is 13.0. The van der Waals surface area contributed by atoms with Gasteiger partial charge in [0, 0.05) is 111 Å². The van der Waals surface area contributed by atoms with Gasteiger partial charge in [0.15, 0.2) is 23.1 Å². The zero-order valence-corrected chi connectivity index (χ0v) is 39.7. The third-order valence-electron chi connectivity index (χ3n) is 13.0. The molecule has 2 aromatic heterocycles. The minimum atomic E-state index is -1.46. The van der Waals surface area contributed by atoms with Gasteiger partial charge < -0.3 is 58.0 Å². The minimum Gasteiger partial charge on any atom is -0.545 e. The van der Waals surface area contributed by atoms with Crippen LogP contribution in [0.1, 0.15) is 46.6 Å². The molecule has 23 heteroatoms. The van der Waals surface area contributed by atoms with Crippen LogP contribution in [0.5, 0.6) is 11.5 Å². The molecule has 4 aromatic carbocycles. The summed E-state index contributed by atoms with van der Waals surface area (Å²) in [7, 11) is 4.02. The van der Waals surface area contributed by atoms with Gasteiger partial charge in [-0.3, -0.25) is 20.2 Å². The molecule has 4 aliphatic heterocycles. The van der Waals surface area contributed by atoms with E-state index in [2.05, 4.69) is 19.8 Å². The Balaban J connectivity index is 0.000000188. The number of piperazine rings is 2. The number of non-ortho nitro benzene ring substituents is 2. The van der Waals surface area contributed by atoms with E-state index in [-0.39, 0.29) is 97.7 Å². The van der Waals surface area contributed by atoms with Crippen LogP contribution in [0.4, 0.5) is 42.9 Å². The second-order valence-electron chi connectivity index (χ2n) is 17.7. The molecule has 373 valence electrons.